The van der Waals surface area contributed by atoms with Crippen molar-refractivity contribution in [2.24, 2.45) is 0 Å². The molecule has 0 aliphatic heterocycles. The lowest BCUT2D eigenvalue weighted by Crippen LogP contribution is -2.28. The fraction of sp³-hybridized carbons (Fsp3) is 0.0233. The van der Waals surface area contributed by atoms with Gasteiger partial charge in [0.05, 0.1) is 5.41 Å². The van der Waals surface area contributed by atoms with Crippen LogP contribution in [0.2, 0.25) is 0 Å². The van der Waals surface area contributed by atoms with E-state index in [4.69, 9.17) is 0 Å². The van der Waals surface area contributed by atoms with Crippen LogP contribution in [0, 0.1) is 0 Å². The van der Waals surface area contributed by atoms with Gasteiger partial charge in [-0.25, -0.2) is 0 Å². The van der Waals surface area contributed by atoms with Crippen molar-refractivity contribution >= 4 is 11.4 Å². The van der Waals surface area contributed by atoms with E-state index in [0.717, 1.165) is 11.4 Å². The van der Waals surface area contributed by atoms with Crippen molar-refractivity contribution in [2.75, 3.05) is 5.32 Å². The summed E-state index contributed by atoms with van der Waals surface area (Å²) in [5.74, 6) is 0. The highest BCUT2D eigenvalue weighted by Gasteiger charge is 2.47. The zero-order chi connectivity index (χ0) is 29.3. The minimum atomic E-state index is -0.447. The maximum absolute atomic E-state index is 3.82. The van der Waals surface area contributed by atoms with E-state index in [0.29, 0.717) is 0 Å². The molecule has 0 saturated heterocycles. The minimum Gasteiger partial charge on any atom is -0.355 e. The van der Waals surface area contributed by atoms with Gasteiger partial charge in [-0.2, -0.15) is 0 Å². The highest BCUT2D eigenvalue weighted by Crippen LogP contribution is 2.58. The molecule has 7 aromatic rings. The Balaban J connectivity index is 1.35. The summed E-state index contributed by atoms with van der Waals surface area (Å²) in [6, 6.07) is 65.7. The summed E-state index contributed by atoms with van der Waals surface area (Å²) in [7, 11) is 0. The summed E-state index contributed by atoms with van der Waals surface area (Å²) in [6.07, 6.45) is 0. The lowest BCUT2D eigenvalue weighted by atomic mass is 9.67. The Bertz CT molecular complexity index is 2010. The molecule has 0 fully saturated rings. The Morgan fingerprint density at radius 1 is 0.364 bits per heavy atom. The zero-order valence-electron chi connectivity index (χ0n) is 24.3. The number of hydrogen-bond donors (Lipinski definition) is 1. The molecule has 1 aliphatic rings. The Labute approximate surface area is 259 Å². The van der Waals surface area contributed by atoms with Crippen LogP contribution >= 0.6 is 0 Å². The lowest BCUT2D eigenvalue weighted by molar-refractivity contribution is 0.768. The van der Waals surface area contributed by atoms with Crippen LogP contribution in [-0.4, -0.2) is 0 Å². The van der Waals surface area contributed by atoms with E-state index in [9.17, 15) is 0 Å². The SMILES string of the molecule is c1ccc(-c2ccc(Nc3cccc4c3-c3cc(-c5ccccc5)ccc3C4(c3ccccc3)c3ccccc3)cc2)cc1. The number of rotatable bonds is 6. The molecular formula is C43H31N. The van der Waals surface area contributed by atoms with Crippen molar-refractivity contribution < 1.29 is 0 Å². The first-order chi connectivity index (χ1) is 21.8. The first-order valence-corrected chi connectivity index (χ1v) is 15.2. The molecule has 1 aliphatic carbocycles. The Morgan fingerprint density at radius 2 is 0.864 bits per heavy atom. The van der Waals surface area contributed by atoms with Crippen LogP contribution in [0.1, 0.15) is 22.3 Å². The van der Waals surface area contributed by atoms with Crippen molar-refractivity contribution in [1.29, 1.82) is 0 Å². The van der Waals surface area contributed by atoms with Crippen LogP contribution in [0.25, 0.3) is 33.4 Å². The molecule has 0 atom stereocenters. The maximum Gasteiger partial charge on any atom is 0.0714 e. The second-order valence-corrected chi connectivity index (χ2v) is 11.4. The normalized spacial score (nSPS) is 12.7. The maximum atomic E-state index is 3.82. The molecule has 0 amide bonds. The average Bonchev–Trinajstić information content (AvgIpc) is 3.41. The Kier molecular flexibility index (Phi) is 6.43. The van der Waals surface area contributed by atoms with Crippen LogP contribution in [0.5, 0.6) is 0 Å². The third-order valence-electron chi connectivity index (χ3n) is 8.95. The molecular weight excluding hydrogens is 530 g/mol. The molecule has 44 heavy (non-hydrogen) atoms. The van der Waals surface area contributed by atoms with E-state index in [2.05, 4.69) is 187 Å². The average molecular weight is 562 g/mol. The van der Waals surface area contributed by atoms with E-state index in [1.54, 1.807) is 0 Å². The topological polar surface area (TPSA) is 12.0 Å². The molecule has 208 valence electrons. The predicted octanol–water partition coefficient (Wildman–Crippen LogP) is 11.1. The molecule has 1 nitrogen and oxygen atoms in total. The number of benzene rings is 7. The highest BCUT2D eigenvalue weighted by molar-refractivity contribution is 5.96. The second-order valence-electron chi connectivity index (χ2n) is 11.4. The summed E-state index contributed by atoms with van der Waals surface area (Å²) in [5, 5.41) is 3.82. The van der Waals surface area contributed by atoms with Gasteiger partial charge in [-0.3, -0.25) is 0 Å². The van der Waals surface area contributed by atoms with Crippen molar-refractivity contribution in [3.05, 3.63) is 204 Å². The molecule has 0 unspecified atom stereocenters. The first kappa shape index (κ1) is 26.0. The molecule has 0 spiro atoms. The lowest BCUT2D eigenvalue weighted by Gasteiger charge is -2.34. The van der Waals surface area contributed by atoms with E-state index >= 15 is 0 Å². The van der Waals surface area contributed by atoms with Gasteiger partial charge in [0.1, 0.15) is 0 Å². The van der Waals surface area contributed by atoms with Gasteiger partial charge in [0.25, 0.3) is 0 Å². The summed E-state index contributed by atoms with van der Waals surface area (Å²) < 4.78 is 0. The van der Waals surface area contributed by atoms with Crippen molar-refractivity contribution in [3.8, 4) is 33.4 Å². The van der Waals surface area contributed by atoms with Gasteiger partial charge in [-0.05, 0) is 74.3 Å². The second kappa shape index (κ2) is 10.9. The Hall–Kier alpha value is -5.66. The molecule has 8 rings (SSSR count). The summed E-state index contributed by atoms with van der Waals surface area (Å²) in [4.78, 5) is 0. The van der Waals surface area contributed by atoms with Gasteiger partial charge in [0, 0.05) is 16.9 Å². The molecule has 0 heterocycles. The molecule has 1 heteroatoms. The third kappa shape index (κ3) is 4.25. The molecule has 1 N–H and O–H groups in total. The van der Waals surface area contributed by atoms with Crippen LogP contribution in [-0.2, 0) is 5.41 Å². The summed E-state index contributed by atoms with van der Waals surface area (Å²) in [5.41, 5.74) is 14.2. The summed E-state index contributed by atoms with van der Waals surface area (Å²) >= 11 is 0. The fourth-order valence-corrected chi connectivity index (χ4v) is 6.99. The summed E-state index contributed by atoms with van der Waals surface area (Å²) in [6.45, 7) is 0. The van der Waals surface area contributed by atoms with Crippen LogP contribution in [0.4, 0.5) is 11.4 Å². The quantitative estimate of drug-likeness (QED) is 0.213. The highest BCUT2D eigenvalue weighted by atomic mass is 14.9. The van der Waals surface area contributed by atoms with E-state index in [1.807, 2.05) is 0 Å². The van der Waals surface area contributed by atoms with Crippen LogP contribution < -0.4 is 5.32 Å². The predicted molar refractivity (Wildman–Crippen MR) is 184 cm³/mol. The minimum absolute atomic E-state index is 0.447. The largest absolute Gasteiger partial charge is 0.355 e. The smallest absolute Gasteiger partial charge is 0.0714 e. The van der Waals surface area contributed by atoms with Crippen molar-refractivity contribution in [3.63, 3.8) is 0 Å². The van der Waals surface area contributed by atoms with Crippen LogP contribution in [0.15, 0.2) is 182 Å². The van der Waals surface area contributed by atoms with Crippen molar-refractivity contribution in [1.82, 2.24) is 0 Å². The Morgan fingerprint density at radius 3 is 1.45 bits per heavy atom. The number of hydrogen-bond acceptors (Lipinski definition) is 1. The van der Waals surface area contributed by atoms with E-state index in [1.165, 1.54) is 55.6 Å². The van der Waals surface area contributed by atoms with Gasteiger partial charge in [0.2, 0.25) is 0 Å². The zero-order valence-corrected chi connectivity index (χ0v) is 24.3. The van der Waals surface area contributed by atoms with Gasteiger partial charge in [0.15, 0.2) is 0 Å². The van der Waals surface area contributed by atoms with E-state index in [-0.39, 0.29) is 0 Å². The van der Waals surface area contributed by atoms with Crippen LogP contribution in [0.3, 0.4) is 0 Å². The van der Waals surface area contributed by atoms with Gasteiger partial charge >= 0.3 is 0 Å². The number of anilines is 2. The van der Waals surface area contributed by atoms with Gasteiger partial charge < -0.3 is 5.32 Å². The molecule has 0 aromatic heterocycles. The number of fused-ring (bicyclic) bond motifs is 3. The van der Waals surface area contributed by atoms with E-state index < -0.39 is 5.41 Å². The third-order valence-corrected chi connectivity index (χ3v) is 8.95. The van der Waals surface area contributed by atoms with Gasteiger partial charge in [-0.1, -0.05) is 158 Å². The standard InChI is InChI=1S/C43H31N/c1-5-14-31(15-6-1)33-24-27-37(28-25-33)44-41-23-13-22-40-42(41)38-30-34(32-16-7-2-8-17-32)26-29-39(38)43(40,35-18-9-3-10-19-35)36-20-11-4-12-21-36/h1-30,44H. The number of nitrogens with one attached hydrogen (secondary N) is 1. The van der Waals surface area contributed by atoms with Crippen molar-refractivity contribution in [2.45, 2.75) is 5.41 Å². The molecule has 7 aromatic carbocycles. The fourth-order valence-electron chi connectivity index (χ4n) is 6.99. The monoisotopic (exact) mass is 561 g/mol. The molecule has 0 bridgehead atoms. The first-order valence-electron chi connectivity index (χ1n) is 15.2. The molecule has 0 radical (unpaired) electrons. The molecule has 0 saturated carbocycles. The van der Waals surface area contributed by atoms with Gasteiger partial charge in [-0.15, -0.1) is 0 Å².